The number of hydrogen-bond acceptors (Lipinski definition) is 5. The first kappa shape index (κ1) is 20.6. The Labute approximate surface area is 174 Å². The molecule has 1 aliphatic heterocycles. The van der Waals surface area contributed by atoms with Crippen LogP contribution in [0.25, 0.3) is 0 Å². The van der Waals surface area contributed by atoms with Gasteiger partial charge >= 0.3 is 12.4 Å². The highest BCUT2D eigenvalue weighted by Gasteiger charge is 2.65. The summed E-state index contributed by atoms with van der Waals surface area (Å²) < 4.78 is 40.9. The van der Waals surface area contributed by atoms with Gasteiger partial charge in [0.05, 0.1) is 5.69 Å². The molecule has 31 heavy (non-hydrogen) atoms. The summed E-state index contributed by atoms with van der Waals surface area (Å²) in [5.74, 6) is -0.835. The minimum Gasteiger partial charge on any atom is -0.406 e. The summed E-state index contributed by atoms with van der Waals surface area (Å²) in [5, 5.41) is 2.56. The molecule has 1 N–H and O–H groups in total. The van der Waals surface area contributed by atoms with E-state index in [0.717, 1.165) is 17.0 Å². The molecule has 11 heteroatoms. The van der Waals surface area contributed by atoms with Crippen LogP contribution in [0.1, 0.15) is 25.3 Å². The number of pyridine rings is 1. The number of ether oxygens (including phenoxy) is 1. The summed E-state index contributed by atoms with van der Waals surface area (Å²) in [7, 11) is 0. The Hall–Kier alpha value is -3.63. The molecule has 8 nitrogen and oxygen atoms in total. The predicted molar refractivity (Wildman–Crippen MR) is 102 cm³/mol. The molecule has 1 spiro atoms. The van der Waals surface area contributed by atoms with Gasteiger partial charge in [-0.05, 0) is 54.8 Å². The Morgan fingerprint density at radius 1 is 1.19 bits per heavy atom. The smallest absolute Gasteiger partial charge is 0.406 e. The van der Waals surface area contributed by atoms with E-state index in [9.17, 15) is 27.6 Å². The maximum atomic E-state index is 13.1. The van der Waals surface area contributed by atoms with Crippen molar-refractivity contribution in [1.82, 2.24) is 9.88 Å². The van der Waals surface area contributed by atoms with E-state index in [1.807, 2.05) is 0 Å². The number of nitrogens with one attached hydrogen (secondary N) is 1. The van der Waals surface area contributed by atoms with Crippen LogP contribution >= 0.6 is 0 Å². The number of anilines is 2. The molecular formula is C20H17F3N4O4. The first-order valence-corrected chi connectivity index (χ1v) is 9.34. The molecule has 1 aliphatic carbocycles. The van der Waals surface area contributed by atoms with Crippen LogP contribution in [0.5, 0.6) is 5.75 Å². The molecule has 2 aromatic rings. The monoisotopic (exact) mass is 434 g/mol. The number of benzene rings is 1. The number of alkyl halides is 3. The van der Waals surface area contributed by atoms with E-state index in [1.165, 1.54) is 30.2 Å². The Morgan fingerprint density at radius 2 is 1.87 bits per heavy atom. The van der Waals surface area contributed by atoms with Crippen LogP contribution in [0.4, 0.5) is 29.5 Å². The summed E-state index contributed by atoms with van der Waals surface area (Å²) in [6, 6.07) is 7.29. The summed E-state index contributed by atoms with van der Waals surface area (Å²) in [6.07, 6.45) is -2.37. The summed E-state index contributed by atoms with van der Waals surface area (Å²) in [5.41, 5.74) is -0.135. The summed E-state index contributed by atoms with van der Waals surface area (Å²) in [4.78, 5) is 43.8. The number of nitrogens with zero attached hydrogens (tertiary/aromatic N) is 3. The summed E-state index contributed by atoms with van der Waals surface area (Å²) in [6.45, 7) is 1.46. The zero-order chi connectivity index (χ0) is 22.4. The zero-order valence-corrected chi connectivity index (χ0v) is 16.3. The average Bonchev–Trinajstić information content (AvgIpc) is 3.44. The van der Waals surface area contributed by atoms with E-state index < -0.39 is 29.6 Å². The van der Waals surface area contributed by atoms with Crippen molar-refractivity contribution in [3.8, 4) is 5.75 Å². The number of imide groups is 1. The highest BCUT2D eigenvalue weighted by atomic mass is 19.4. The zero-order valence-electron chi connectivity index (χ0n) is 16.3. The van der Waals surface area contributed by atoms with E-state index in [0.29, 0.717) is 24.2 Å². The molecule has 0 radical (unpaired) electrons. The lowest BCUT2D eigenvalue weighted by Crippen LogP contribution is -2.36. The van der Waals surface area contributed by atoms with E-state index in [1.54, 1.807) is 12.1 Å². The van der Waals surface area contributed by atoms with Crippen LogP contribution in [-0.2, 0) is 16.1 Å². The van der Waals surface area contributed by atoms with Gasteiger partial charge in [0.15, 0.2) is 0 Å². The maximum Gasteiger partial charge on any atom is 0.573 e. The van der Waals surface area contributed by atoms with Gasteiger partial charge in [-0.3, -0.25) is 9.59 Å². The van der Waals surface area contributed by atoms with Crippen LogP contribution in [0.15, 0.2) is 42.6 Å². The second-order valence-corrected chi connectivity index (χ2v) is 7.31. The van der Waals surface area contributed by atoms with Crippen molar-refractivity contribution < 1.29 is 32.3 Å². The van der Waals surface area contributed by atoms with Crippen LogP contribution in [0, 0.1) is 0 Å². The van der Waals surface area contributed by atoms with E-state index in [2.05, 4.69) is 15.0 Å². The van der Waals surface area contributed by atoms with E-state index in [4.69, 9.17) is 0 Å². The highest BCUT2D eigenvalue weighted by Crippen LogP contribution is 2.49. The first-order valence-electron chi connectivity index (χ1n) is 9.34. The fraction of sp³-hybridized carbons (Fsp3) is 0.300. The highest BCUT2D eigenvalue weighted by molar-refractivity contribution is 6.24. The largest absolute Gasteiger partial charge is 0.573 e. The van der Waals surface area contributed by atoms with Gasteiger partial charge in [-0.25, -0.2) is 14.7 Å². The number of carbonyl (C=O) groups excluding carboxylic acids is 3. The first-order chi connectivity index (χ1) is 14.6. The van der Waals surface area contributed by atoms with Crippen LogP contribution in [0.3, 0.4) is 0 Å². The fourth-order valence-corrected chi connectivity index (χ4v) is 3.56. The van der Waals surface area contributed by atoms with Crippen LogP contribution < -0.4 is 15.0 Å². The molecule has 4 rings (SSSR count). The van der Waals surface area contributed by atoms with Crippen molar-refractivity contribution in [2.24, 2.45) is 0 Å². The van der Waals surface area contributed by atoms with Crippen molar-refractivity contribution >= 4 is 29.4 Å². The molecule has 162 valence electrons. The van der Waals surface area contributed by atoms with Crippen LogP contribution in [-0.4, -0.2) is 39.6 Å². The Balaban J connectivity index is 1.56. The van der Waals surface area contributed by atoms with E-state index >= 15 is 0 Å². The van der Waals surface area contributed by atoms with Crippen molar-refractivity contribution in [3.05, 3.63) is 48.2 Å². The average molecular weight is 434 g/mol. The van der Waals surface area contributed by atoms with Crippen molar-refractivity contribution in [2.75, 3.05) is 10.2 Å². The van der Waals surface area contributed by atoms with Crippen LogP contribution in [0.2, 0.25) is 0 Å². The lowest BCUT2D eigenvalue weighted by molar-refractivity contribution is -0.274. The normalized spacial score (nSPS) is 17.3. The number of aromatic nitrogens is 1. The molecule has 1 aromatic heterocycles. The third-order valence-corrected chi connectivity index (χ3v) is 5.06. The van der Waals surface area contributed by atoms with Crippen molar-refractivity contribution in [3.63, 3.8) is 0 Å². The minimum atomic E-state index is -4.84. The topological polar surface area (TPSA) is 91.8 Å². The third-order valence-electron chi connectivity index (χ3n) is 5.06. The third kappa shape index (κ3) is 4.03. The van der Waals surface area contributed by atoms with Gasteiger partial charge in [0.1, 0.15) is 17.1 Å². The molecule has 2 heterocycles. The molecule has 0 unspecified atom stereocenters. The number of carbonyl (C=O) groups is 3. The number of halogens is 3. The SMILES string of the molecule is CC(=O)Nc1cc(CN2C(=O)N(c3ccc(OC(F)(F)F)cc3)C(=O)C23CC3)ccn1. The number of hydrogen-bond donors (Lipinski definition) is 1. The fourth-order valence-electron chi connectivity index (χ4n) is 3.56. The van der Waals surface area contributed by atoms with E-state index in [-0.39, 0.29) is 18.1 Å². The summed E-state index contributed by atoms with van der Waals surface area (Å²) >= 11 is 0. The van der Waals surface area contributed by atoms with Gasteiger partial charge in [-0.1, -0.05) is 0 Å². The lowest BCUT2D eigenvalue weighted by atomic mass is 10.2. The van der Waals surface area contributed by atoms with Crippen molar-refractivity contribution in [1.29, 1.82) is 0 Å². The molecular weight excluding hydrogens is 417 g/mol. The maximum absolute atomic E-state index is 13.1. The predicted octanol–water partition coefficient (Wildman–Crippen LogP) is 3.44. The number of rotatable bonds is 5. The van der Waals surface area contributed by atoms with Gasteiger partial charge in [0, 0.05) is 19.7 Å². The standard InChI is InChI=1S/C20H17F3N4O4/c1-12(28)25-16-10-13(6-9-24-16)11-26-18(30)27(17(29)19(26)7-8-19)14-2-4-15(5-3-14)31-20(21,22)23/h2-6,9-10H,7-8,11H2,1H3,(H,24,25,28). The van der Waals surface area contributed by atoms with Crippen molar-refractivity contribution in [2.45, 2.75) is 38.2 Å². The quantitative estimate of drug-likeness (QED) is 0.728. The van der Waals surface area contributed by atoms with Gasteiger partial charge in [-0.15, -0.1) is 13.2 Å². The minimum absolute atomic E-state index is 0.117. The van der Waals surface area contributed by atoms with Gasteiger partial charge < -0.3 is 15.0 Å². The molecule has 0 bridgehead atoms. The molecule has 1 saturated carbocycles. The molecule has 0 atom stereocenters. The Morgan fingerprint density at radius 3 is 2.45 bits per heavy atom. The molecule has 2 aliphatic rings. The Bertz CT molecular complexity index is 1050. The van der Waals surface area contributed by atoms with Gasteiger partial charge in [-0.2, -0.15) is 0 Å². The van der Waals surface area contributed by atoms with Gasteiger partial charge in [0.2, 0.25) is 5.91 Å². The molecule has 1 aromatic carbocycles. The second-order valence-electron chi connectivity index (χ2n) is 7.31. The Kier molecular flexibility index (Phi) is 4.83. The molecule has 4 amide bonds. The number of amides is 4. The number of urea groups is 1. The van der Waals surface area contributed by atoms with Gasteiger partial charge in [0.25, 0.3) is 5.91 Å². The second kappa shape index (κ2) is 7.25. The lowest BCUT2D eigenvalue weighted by Gasteiger charge is -2.21. The molecule has 2 fully saturated rings. The molecule has 1 saturated heterocycles.